The van der Waals surface area contributed by atoms with Crippen molar-refractivity contribution < 1.29 is 18.1 Å². The van der Waals surface area contributed by atoms with E-state index in [9.17, 15) is 23.3 Å². The zero-order chi connectivity index (χ0) is 21.7. The van der Waals surface area contributed by atoms with Crippen molar-refractivity contribution in [1.29, 1.82) is 0 Å². The van der Waals surface area contributed by atoms with Crippen molar-refractivity contribution in [3.05, 3.63) is 94.5 Å². The number of benzene rings is 3. The van der Waals surface area contributed by atoms with E-state index in [-0.39, 0.29) is 31.7 Å². The highest BCUT2D eigenvalue weighted by atomic mass is 127. The first-order valence-electron chi connectivity index (χ1n) is 8.86. The number of halogens is 1. The van der Waals surface area contributed by atoms with Gasteiger partial charge in [0.05, 0.1) is 14.7 Å². The fraction of sp³-hybridized carbons (Fsp3) is 0.0952. The molecule has 30 heavy (non-hydrogen) atoms. The number of nitrogens with zero attached hydrogens (tertiary/aromatic N) is 1. The molecule has 0 fully saturated rings. The molecule has 3 aromatic rings. The minimum atomic E-state index is -3.82. The molecule has 154 valence electrons. The van der Waals surface area contributed by atoms with Crippen molar-refractivity contribution in [2.75, 3.05) is 5.32 Å². The Balaban J connectivity index is 1.68. The fourth-order valence-corrected chi connectivity index (χ4v) is 4.83. The Morgan fingerprint density at radius 3 is 2.00 bits per heavy atom. The molecule has 0 aromatic heterocycles. The van der Waals surface area contributed by atoms with Crippen molar-refractivity contribution in [1.82, 2.24) is 0 Å². The highest BCUT2D eigenvalue weighted by Gasteiger charge is 2.19. The summed E-state index contributed by atoms with van der Waals surface area (Å²) in [5.41, 5.74) is 1.35. The second-order valence-electron chi connectivity index (χ2n) is 6.41. The fourth-order valence-electron chi connectivity index (χ4n) is 2.76. The van der Waals surface area contributed by atoms with Crippen LogP contribution < -0.4 is 5.32 Å². The van der Waals surface area contributed by atoms with Gasteiger partial charge in [0, 0.05) is 28.2 Å². The number of hydrogen-bond acceptors (Lipinski definition) is 5. The summed E-state index contributed by atoms with van der Waals surface area (Å²) < 4.78 is 25.4. The monoisotopic (exact) mass is 536 g/mol. The average Bonchev–Trinajstić information content (AvgIpc) is 2.74. The summed E-state index contributed by atoms with van der Waals surface area (Å²) in [5, 5.41) is 13.5. The number of nitro groups is 1. The zero-order valence-electron chi connectivity index (χ0n) is 15.6. The second-order valence-corrected chi connectivity index (χ2v) is 9.86. The van der Waals surface area contributed by atoms with Crippen LogP contribution in [0.4, 0.5) is 11.4 Å². The van der Waals surface area contributed by atoms with Crippen LogP contribution in [0, 0.1) is 10.1 Å². The van der Waals surface area contributed by atoms with E-state index in [0.29, 0.717) is 5.69 Å². The number of amides is 1. The van der Waals surface area contributed by atoms with Crippen molar-refractivity contribution in [3.63, 3.8) is 0 Å². The third-order valence-corrected chi connectivity index (χ3v) is 7.28. The smallest absolute Gasteiger partial charge is 0.269 e. The molecule has 1 unspecified atom stereocenters. The number of anilines is 1. The summed E-state index contributed by atoms with van der Waals surface area (Å²) in [6.45, 7) is 0. The Hall–Kier alpha value is -2.79. The van der Waals surface area contributed by atoms with E-state index < -0.39 is 14.8 Å². The second kappa shape index (κ2) is 9.35. The number of nitrogens with one attached hydrogen (secondary N) is 1. The van der Waals surface area contributed by atoms with Gasteiger partial charge in [0.2, 0.25) is 15.7 Å². The number of hydrogen-bond donors (Lipinski definition) is 1. The summed E-state index contributed by atoms with van der Waals surface area (Å²) >= 11 is 2.21. The van der Waals surface area contributed by atoms with Crippen LogP contribution in [-0.4, -0.2) is 19.2 Å². The summed E-state index contributed by atoms with van der Waals surface area (Å²) in [6.07, 6.45) is 0.285. The topological polar surface area (TPSA) is 106 Å². The highest BCUT2D eigenvalue weighted by Crippen LogP contribution is 2.28. The van der Waals surface area contributed by atoms with E-state index in [1.807, 2.05) is 30.3 Å². The third-order valence-electron chi connectivity index (χ3n) is 4.33. The van der Waals surface area contributed by atoms with E-state index >= 15 is 0 Å². The SMILES string of the molecule is O=C(CC(I)c1ccccc1)Nc1ccc(S(=O)(=O)c2ccc([N+](=O)[O-])cc2)cc1. The van der Waals surface area contributed by atoms with E-state index in [2.05, 4.69) is 27.9 Å². The molecule has 3 aromatic carbocycles. The Labute approximate surface area is 187 Å². The van der Waals surface area contributed by atoms with Gasteiger partial charge in [0.15, 0.2) is 0 Å². The zero-order valence-corrected chi connectivity index (χ0v) is 18.5. The van der Waals surface area contributed by atoms with Crippen molar-refractivity contribution in [3.8, 4) is 0 Å². The predicted molar refractivity (Wildman–Crippen MR) is 121 cm³/mol. The lowest BCUT2D eigenvalue weighted by atomic mass is 10.1. The van der Waals surface area contributed by atoms with Crippen LogP contribution in [0.1, 0.15) is 15.9 Å². The van der Waals surface area contributed by atoms with Crippen LogP contribution in [0.2, 0.25) is 0 Å². The number of non-ortho nitro benzene ring substituents is 1. The van der Waals surface area contributed by atoms with Gasteiger partial charge < -0.3 is 5.32 Å². The van der Waals surface area contributed by atoms with E-state index in [1.54, 1.807) is 0 Å². The quantitative estimate of drug-likeness (QED) is 0.200. The molecule has 0 bridgehead atoms. The Morgan fingerprint density at radius 1 is 0.933 bits per heavy atom. The van der Waals surface area contributed by atoms with Gasteiger partial charge in [0.25, 0.3) is 5.69 Å². The standard InChI is InChI=1S/C21H17IN2O5S/c22-20(15-4-2-1-3-5-15)14-21(25)23-16-6-10-18(11-7-16)30(28,29)19-12-8-17(9-13-19)24(26)27/h1-13,20H,14H2,(H,23,25). The maximum Gasteiger partial charge on any atom is 0.269 e. The first-order chi connectivity index (χ1) is 14.3. The van der Waals surface area contributed by atoms with Gasteiger partial charge in [-0.3, -0.25) is 14.9 Å². The van der Waals surface area contributed by atoms with Crippen molar-refractivity contribution >= 4 is 49.7 Å². The molecule has 3 rings (SSSR count). The number of sulfone groups is 1. The summed E-state index contributed by atoms with van der Waals surface area (Å²) in [6, 6.07) is 20.2. The lowest BCUT2D eigenvalue weighted by Gasteiger charge is -2.11. The maximum absolute atomic E-state index is 12.7. The minimum absolute atomic E-state index is 0.0191. The molecule has 0 saturated carbocycles. The van der Waals surface area contributed by atoms with Gasteiger partial charge in [0.1, 0.15) is 0 Å². The van der Waals surface area contributed by atoms with Crippen LogP contribution in [0.5, 0.6) is 0 Å². The molecule has 9 heteroatoms. The molecular weight excluding hydrogens is 519 g/mol. The van der Waals surface area contributed by atoms with Gasteiger partial charge >= 0.3 is 0 Å². The number of nitro benzene ring substituents is 1. The molecule has 0 aliphatic rings. The Morgan fingerprint density at radius 2 is 1.47 bits per heavy atom. The predicted octanol–water partition coefficient (Wildman–Crippen LogP) is 4.93. The van der Waals surface area contributed by atoms with Crippen molar-refractivity contribution in [2.24, 2.45) is 0 Å². The molecule has 1 atom stereocenters. The molecule has 1 amide bonds. The van der Waals surface area contributed by atoms with Gasteiger partial charge in [-0.2, -0.15) is 0 Å². The molecule has 0 saturated heterocycles. The molecule has 0 aliphatic heterocycles. The molecule has 0 aliphatic carbocycles. The number of alkyl halides is 1. The molecule has 0 spiro atoms. The molecule has 1 N–H and O–H groups in total. The Bertz CT molecular complexity index is 1150. The number of rotatable bonds is 7. The highest BCUT2D eigenvalue weighted by molar-refractivity contribution is 14.1. The van der Waals surface area contributed by atoms with Crippen LogP contribution in [0.25, 0.3) is 0 Å². The van der Waals surface area contributed by atoms with Crippen LogP contribution in [-0.2, 0) is 14.6 Å². The lowest BCUT2D eigenvalue weighted by Crippen LogP contribution is -2.13. The maximum atomic E-state index is 12.7. The normalized spacial score (nSPS) is 12.2. The van der Waals surface area contributed by atoms with Gasteiger partial charge in [-0.1, -0.05) is 52.9 Å². The summed E-state index contributed by atoms with van der Waals surface area (Å²) in [4.78, 5) is 22.4. The summed E-state index contributed by atoms with van der Waals surface area (Å²) in [7, 11) is -3.82. The molecule has 0 heterocycles. The van der Waals surface area contributed by atoms with Crippen molar-refractivity contribution in [2.45, 2.75) is 20.1 Å². The van der Waals surface area contributed by atoms with Gasteiger partial charge in [-0.15, -0.1) is 0 Å². The molecular formula is C21H17IN2O5S. The van der Waals surface area contributed by atoms with Crippen LogP contribution >= 0.6 is 22.6 Å². The average molecular weight is 536 g/mol. The largest absolute Gasteiger partial charge is 0.326 e. The summed E-state index contributed by atoms with van der Waals surface area (Å²) in [5.74, 6) is -0.177. The van der Waals surface area contributed by atoms with Gasteiger partial charge in [-0.05, 0) is 42.0 Å². The van der Waals surface area contributed by atoms with Crippen LogP contribution in [0.3, 0.4) is 0 Å². The number of carbonyl (C=O) groups excluding carboxylic acids is 1. The molecule has 0 radical (unpaired) electrons. The number of carbonyl (C=O) groups is 1. The molecule has 7 nitrogen and oxygen atoms in total. The first-order valence-corrected chi connectivity index (χ1v) is 11.6. The lowest BCUT2D eigenvalue weighted by molar-refractivity contribution is -0.384. The minimum Gasteiger partial charge on any atom is -0.326 e. The third kappa shape index (κ3) is 5.22. The van der Waals surface area contributed by atoms with Gasteiger partial charge in [-0.25, -0.2) is 8.42 Å². The Kier molecular flexibility index (Phi) is 6.83. The van der Waals surface area contributed by atoms with Crippen LogP contribution in [0.15, 0.2) is 88.7 Å². The first kappa shape index (κ1) is 21.9. The van der Waals surface area contributed by atoms with E-state index in [4.69, 9.17) is 0 Å². The van der Waals surface area contributed by atoms with E-state index in [0.717, 1.165) is 17.7 Å². The van der Waals surface area contributed by atoms with E-state index in [1.165, 1.54) is 36.4 Å².